The number of anilines is 1. The maximum atomic E-state index is 9.03. The minimum Gasteiger partial charge on any atom is -0.396 e. The quantitative estimate of drug-likeness (QED) is 0.844. The zero-order chi connectivity index (χ0) is 13.8. The van der Waals surface area contributed by atoms with Crippen molar-refractivity contribution in [2.24, 2.45) is 5.92 Å². The Morgan fingerprint density at radius 1 is 1.42 bits per heavy atom. The molecule has 0 aromatic carbocycles. The third-order valence-electron chi connectivity index (χ3n) is 3.70. The molecule has 1 atom stereocenters. The molecule has 1 aliphatic heterocycles. The van der Waals surface area contributed by atoms with Gasteiger partial charge in [-0.3, -0.25) is 0 Å². The monoisotopic (exact) mass is 283 g/mol. The van der Waals surface area contributed by atoms with Crippen LogP contribution in [0.4, 0.5) is 5.82 Å². The van der Waals surface area contributed by atoms with Gasteiger partial charge in [-0.15, -0.1) is 0 Å². The summed E-state index contributed by atoms with van der Waals surface area (Å²) >= 11 is 6.21. The summed E-state index contributed by atoms with van der Waals surface area (Å²) < 4.78 is 0. The van der Waals surface area contributed by atoms with Crippen LogP contribution in [0.25, 0.3) is 0 Å². The fourth-order valence-corrected chi connectivity index (χ4v) is 2.79. The summed E-state index contributed by atoms with van der Waals surface area (Å²) in [5.74, 6) is 2.37. The number of hydrogen-bond acceptors (Lipinski definition) is 4. The van der Waals surface area contributed by atoms with Gasteiger partial charge in [-0.1, -0.05) is 18.5 Å². The summed E-state index contributed by atoms with van der Waals surface area (Å²) in [4.78, 5) is 11.3. The SMILES string of the molecule is CCCc1nc(Cl)c(C)c(N2CCC(CCO)C2)n1. The molecule has 106 valence electrons. The van der Waals surface area contributed by atoms with Crippen molar-refractivity contribution >= 4 is 17.4 Å². The van der Waals surface area contributed by atoms with Gasteiger partial charge in [0.25, 0.3) is 0 Å². The van der Waals surface area contributed by atoms with Gasteiger partial charge < -0.3 is 10.0 Å². The van der Waals surface area contributed by atoms with E-state index < -0.39 is 0 Å². The van der Waals surface area contributed by atoms with Gasteiger partial charge in [-0.05, 0) is 32.1 Å². The van der Waals surface area contributed by atoms with Crippen molar-refractivity contribution in [3.05, 3.63) is 16.5 Å². The van der Waals surface area contributed by atoms with E-state index in [0.29, 0.717) is 11.1 Å². The summed E-state index contributed by atoms with van der Waals surface area (Å²) in [6.45, 7) is 6.31. The molecule has 1 aromatic heterocycles. The van der Waals surface area contributed by atoms with Crippen LogP contribution >= 0.6 is 11.6 Å². The lowest BCUT2D eigenvalue weighted by Gasteiger charge is -2.20. The molecule has 0 radical (unpaired) electrons. The average Bonchev–Trinajstić information content (AvgIpc) is 2.83. The minimum atomic E-state index is 0.267. The van der Waals surface area contributed by atoms with Crippen LogP contribution in [0.5, 0.6) is 0 Å². The molecule has 1 N–H and O–H groups in total. The molecule has 0 amide bonds. The van der Waals surface area contributed by atoms with Crippen molar-refractivity contribution in [1.82, 2.24) is 9.97 Å². The molecule has 0 aliphatic carbocycles. The number of aromatic nitrogens is 2. The summed E-state index contributed by atoms with van der Waals surface area (Å²) in [6, 6.07) is 0. The second-order valence-electron chi connectivity index (χ2n) is 5.24. The maximum Gasteiger partial charge on any atom is 0.137 e. The molecular formula is C14H22ClN3O. The predicted molar refractivity (Wildman–Crippen MR) is 77.8 cm³/mol. The highest BCUT2D eigenvalue weighted by atomic mass is 35.5. The van der Waals surface area contributed by atoms with Crippen LogP contribution in [0.15, 0.2) is 0 Å². The first-order valence-corrected chi connectivity index (χ1v) is 7.42. The second-order valence-corrected chi connectivity index (χ2v) is 5.60. The molecular weight excluding hydrogens is 262 g/mol. The standard InChI is InChI=1S/C14H22ClN3O/c1-3-4-12-16-13(15)10(2)14(17-12)18-7-5-11(9-18)6-8-19/h11,19H,3-9H2,1-2H3. The fourth-order valence-electron chi connectivity index (χ4n) is 2.61. The van der Waals surface area contributed by atoms with Crippen molar-refractivity contribution in [3.63, 3.8) is 0 Å². The molecule has 1 unspecified atom stereocenters. The van der Waals surface area contributed by atoms with Crippen LogP contribution in [0.3, 0.4) is 0 Å². The second kappa shape index (κ2) is 6.53. The van der Waals surface area contributed by atoms with E-state index in [-0.39, 0.29) is 6.61 Å². The Balaban J connectivity index is 2.19. The number of aryl methyl sites for hydroxylation is 1. The summed E-state index contributed by atoms with van der Waals surface area (Å²) in [5.41, 5.74) is 0.964. The number of hydrogen-bond donors (Lipinski definition) is 1. The van der Waals surface area contributed by atoms with Crippen LogP contribution in [0.2, 0.25) is 5.15 Å². The summed E-state index contributed by atoms with van der Waals surface area (Å²) in [6.07, 6.45) is 3.87. The van der Waals surface area contributed by atoms with Crippen LogP contribution in [0.1, 0.15) is 37.6 Å². The molecule has 4 nitrogen and oxygen atoms in total. The van der Waals surface area contributed by atoms with Gasteiger partial charge in [-0.25, -0.2) is 9.97 Å². The van der Waals surface area contributed by atoms with E-state index in [4.69, 9.17) is 16.7 Å². The van der Waals surface area contributed by atoms with Gasteiger partial charge in [0, 0.05) is 31.7 Å². The van der Waals surface area contributed by atoms with Crippen molar-refractivity contribution in [2.45, 2.75) is 39.5 Å². The van der Waals surface area contributed by atoms with E-state index in [1.165, 1.54) is 0 Å². The topological polar surface area (TPSA) is 49.2 Å². The van der Waals surface area contributed by atoms with E-state index in [9.17, 15) is 0 Å². The third kappa shape index (κ3) is 3.37. The molecule has 1 fully saturated rings. The van der Waals surface area contributed by atoms with Gasteiger partial charge in [0.2, 0.25) is 0 Å². The van der Waals surface area contributed by atoms with E-state index in [2.05, 4.69) is 21.8 Å². The first-order chi connectivity index (χ1) is 9.15. The lowest BCUT2D eigenvalue weighted by atomic mass is 10.1. The van der Waals surface area contributed by atoms with Gasteiger partial charge in [0.05, 0.1) is 0 Å². The number of aliphatic hydroxyl groups is 1. The maximum absolute atomic E-state index is 9.03. The molecule has 1 aromatic rings. The molecule has 0 spiro atoms. The predicted octanol–water partition coefficient (Wildman–Crippen LogP) is 2.60. The van der Waals surface area contributed by atoms with Gasteiger partial charge in [0.15, 0.2) is 0 Å². The van der Waals surface area contributed by atoms with E-state index in [1.54, 1.807) is 0 Å². The first-order valence-electron chi connectivity index (χ1n) is 7.04. The Morgan fingerprint density at radius 3 is 2.89 bits per heavy atom. The Kier molecular flexibility index (Phi) is 4.99. The van der Waals surface area contributed by atoms with Gasteiger partial charge in [-0.2, -0.15) is 0 Å². The number of nitrogens with zero attached hydrogens (tertiary/aromatic N) is 3. The largest absolute Gasteiger partial charge is 0.396 e. The Morgan fingerprint density at radius 2 is 2.21 bits per heavy atom. The summed E-state index contributed by atoms with van der Waals surface area (Å²) in [5, 5.41) is 9.60. The molecule has 0 saturated carbocycles. The van der Waals surface area contributed by atoms with Crippen LogP contribution in [0, 0.1) is 12.8 Å². The highest BCUT2D eigenvalue weighted by Crippen LogP contribution is 2.29. The summed E-state index contributed by atoms with van der Waals surface area (Å²) in [7, 11) is 0. The van der Waals surface area contributed by atoms with Crippen LogP contribution in [-0.2, 0) is 6.42 Å². The zero-order valence-corrected chi connectivity index (χ0v) is 12.4. The third-order valence-corrected chi connectivity index (χ3v) is 4.07. The highest BCUT2D eigenvalue weighted by Gasteiger charge is 2.25. The Hall–Kier alpha value is -0.870. The molecule has 2 heterocycles. The molecule has 1 aliphatic rings. The average molecular weight is 284 g/mol. The molecule has 0 bridgehead atoms. The smallest absolute Gasteiger partial charge is 0.137 e. The first kappa shape index (κ1) is 14.5. The highest BCUT2D eigenvalue weighted by molar-refractivity contribution is 6.30. The van der Waals surface area contributed by atoms with Crippen molar-refractivity contribution in [3.8, 4) is 0 Å². The van der Waals surface area contributed by atoms with E-state index in [1.807, 2.05) is 6.92 Å². The van der Waals surface area contributed by atoms with Crippen molar-refractivity contribution in [2.75, 3.05) is 24.6 Å². The number of aliphatic hydroxyl groups excluding tert-OH is 1. The van der Waals surface area contributed by atoms with Gasteiger partial charge in [0.1, 0.15) is 16.8 Å². The van der Waals surface area contributed by atoms with Crippen molar-refractivity contribution in [1.29, 1.82) is 0 Å². The van der Waals surface area contributed by atoms with E-state index in [0.717, 1.165) is 56.0 Å². The number of rotatable bonds is 5. The fraction of sp³-hybridized carbons (Fsp3) is 0.714. The van der Waals surface area contributed by atoms with Crippen molar-refractivity contribution < 1.29 is 5.11 Å². The number of halogens is 1. The molecule has 19 heavy (non-hydrogen) atoms. The normalized spacial score (nSPS) is 19.2. The lowest BCUT2D eigenvalue weighted by Crippen LogP contribution is -2.23. The Bertz CT molecular complexity index is 439. The minimum absolute atomic E-state index is 0.267. The lowest BCUT2D eigenvalue weighted by molar-refractivity contribution is 0.263. The Labute approximate surface area is 119 Å². The molecule has 1 saturated heterocycles. The molecule has 5 heteroatoms. The zero-order valence-electron chi connectivity index (χ0n) is 11.7. The van der Waals surface area contributed by atoms with Crippen LogP contribution in [-0.4, -0.2) is 34.8 Å². The van der Waals surface area contributed by atoms with Gasteiger partial charge >= 0.3 is 0 Å². The molecule has 2 rings (SSSR count). The van der Waals surface area contributed by atoms with E-state index >= 15 is 0 Å². The van der Waals surface area contributed by atoms with Crippen LogP contribution < -0.4 is 4.90 Å².